The van der Waals surface area contributed by atoms with Crippen molar-refractivity contribution in [2.75, 3.05) is 0 Å². The maximum Gasteiger partial charge on any atom is 0.160 e. The van der Waals surface area contributed by atoms with Gasteiger partial charge < -0.3 is 4.42 Å². The molecule has 6 aromatic carbocycles. The molecule has 4 aromatic heterocycles. The van der Waals surface area contributed by atoms with Gasteiger partial charge >= 0.3 is 0 Å². The molecule has 0 radical (unpaired) electrons. The number of furan rings is 1. The summed E-state index contributed by atoms with van der Waals surface area (Å²) in [6.07, 6.45) is 3.63. The van der Waals surface area contributed by atoms with Gasteiger partial charge in [0.25, 0.3) is 0 Å². The summed E-state index contributed by atoms with van der Waals surface area (Å²) in [6.45, 7) is 0. The lowest BCUT2D eigenvalue weighted by molar-refractivity contribution is 0.670. The zero-order chi connectivity index (χ0) is 33.0. The van der Waals surface area contributed by atoms with Crippen LogP contribution in [0.1, 0.15) is 0 Å². The monoisotopic (exact) mass is 657 g/mol. The van der Waals surface area contributed by atoms with Crippen LogP contribution in [0.3, 0.4) is 0 Å². The second-order valence-electron chi connectivity index (χ2n) is 12.4. The number of para-hydroxylation sites is 1. The average molecular weight is 658 g/mol. The molecule has 0 N–H and O–H groups in total. The number of rotatable bonds is 5. The second-order valence-corrected chi connectivity index (χ2v) is 13.5. The largest absolute Gasteiger partial charge is 0.455 e. The molecule has 0 fully saturated rings. The number of hydrogen-bond donors (Lipinski definition) is 0. The predicted octanol–water partition coefficient (Wildman–Crippen LogP) is 12.5. The van der Waals surface area contributed by atoms with E-state index in [1.54, 1.807) is 0 Å². The summed E-state index contributed by atoms with van der Waals surface area (Å²) in [7, 11) is 0. The molecule has 0 saturated heterocycles. The number of thiophene rings is 1. The van der Waals surface area contributed by atoms with Crippen molar-refractivity contribution in [1.82, 2.24) is 15.0 Å². The van der Waals surface area contributed by atoms with E-state index in [-0.39, 0.29) is 0 Å². The van der Waals surface area contributed by atoms with E-state index in [0.29, 0.717) is 5.82 Å². The fourth-order valence-electron chi connectivity index (χ4n) is 7.08. The Morgan fingerprint density at radius 3 is 1.96 bits per heavy atom. The van der Waals surface area contributed by atoms with Gasteiger partial charge in [0.2, 0.25) is 0 Å². The fourth-order valence-corrected chi connectivity index (χ4v) is 8.21. The number of nitrogens with zero attached hydrogens (tertiary/aromatic N) is 3. The molecule has 0 spiro atoms. The smallest absolute Gasteiger partial charge is 0.160 e. The molecule has 0 atom stereocenters. The Hall–Kier alpha value is -6.43. The first-order chi connectivity index (χ1) is 24.8. The second kappa shape index (κ2) is 11.6. The summed E-state index contributed by atoms with van der Waals surface area (Å²) in [5, 5.41) is 4.72. The number of benzene rings is 6. The zero-order valence-electron chi connectivity index (χ0n) is 26.7. The van der Waals surface area contributed by atoms with Crippen LogP contribution in [0.4, 0.5) is 0 Å². The van der Waals surface area contributed by atoms with Crippen LogP contribution in [0.2, 0.25) is 0 Å². The highest BCUT2D eigenvalue weighted by Crippen LogP contribution is 2.46. The van der Waals surface area contributed by atoms with E-state index in [2.05, 4.69) is 120 Å². The average Bonchev–Trinajstić information content (AvgIpc) is 3.77. The topological polar surface area (TPSA) is 51.8 Å². The first kappa shape index (κ1) is 28.6. The standard InChI is InChI=1S/C45H27N3OS/c1-2-9-30(10-3-1)37-27-38(48-45(47-37)31-19-17-28(18-20-31)29-23-25-46-26-24-29)34-22-21-33(43-35-11-4-6-14-39(35)49-44(34)43)32-13-8-16-41-42(32)36-12-5-7-15-40(36)50-41/h1-27H. The summed E-state index contributed by atoms with van der Waals surface area (Å²) in [5.74, 6) is 0.658. The Bertz CT molecular complexity index is 2860. The third-order valence-corrected chi connectivity index (χ3v) is 10.6. The van der Waals surface area contributed by atoms with Crippen molar-refractivity contribution >= 4 is 53.4 Å². The molecule has 0 saturated carbocycles. The van der Waals surface area contributed by atoms with E-state index in [0.717, 1.165) is 66.7 Å². The number of fused-ring (bicyclic) bond motifs is 6. The van der Waals surface area contributed by atoms with Gasteiger partial charge in [-0.15, -0.1) is 11.3 Å². The summed E-state index contributed by atoms with van der Waals surface area (Å²) in [5.41, 5.74) is 10.8. The van der Waals surface area contributed by atoms with Crippen LogP contribution in [0.25, 0.3) is 98.3 Å². The SMILES string of the molecule is c1ccc(-c2cc(-c3ccc(-c4cccc5sc6ccccc6c45)c4c3oc3ccccc34)nc(-c3ccc(-c4ccncc4)cc3)n2)cc1. The predicted molar refractivity (Wildman–Crippen MR) is 207 cm³/mol. The lowest BCUT2D eigenvalue weighted by Gasteiger charge is -2.12. The molecule has 5 heteroatoms. The summed E-state index contributed by atoms with van der Waals surface area (Å²) in [4.78, 5) is 14.5. The van der Waals surface area contributed by atoms with Gasteiger partial charge in [0.05, 0.1) is 11.4 Å². The molecule has 0 bridgehead atoms. The van der Waals surface area contributed by atoms with E-state index >= 15 is 0 Å². The lowest BCUT2D eigenvalue weighted by atomic mass is 9.93. The first-order valence-corrected chi connectivity index (χ1v) is 17.4. The fraction of sp³-hybridized carbons (Fsp3) is 0. The molecule has 234 valence electrons. The van der Waals surface area contributed by atoms with Gasteiger partial charge in [-0.2, -0.15) is 0 Å². The lowest BCUT2D eigenvalue weighted by Crippen LogP contribution is -1.96. The van der Waals surface area contributed by atoms with Crippen molar-refractivity contribution in [3.8, 4) is 56.2 Å². The Labute approximate surface area is 292 Å². The van der Waals surface area contributed by atoms with Crippen molar-refractivity contribution in [1.29, 1.82) is 0 Å². The summed E-state index contributed by atoms with van der Waals surface area (Å²) >= 11 is 1.84. The highest BCUT2D eigenvalue weighted by atomic mass is 32.1. The van der Waals surface area contributed by atoms with Crippen LogP contribution < -0.4 is 0 Å². The van der Waals surface area contributed by atoms with Gasteiger partial charge in [0.1, 0.15) is 11.2 Å². The van der Waals surface area contributed by atoms with E-state index in [9.17, 15) is 0 Å². The van der Waals surface area contributed by atoms with Crippen LogP contribution in [0.15, 0.2) is 168 Å². The Morgan fingerprint density at radius 2 is 1.10 bits per heavy atom. The van der Waals surface area contributed by atoms with Crippen molar-refractivity contribution in [2.45, 2.75) is 0 Å². The third kappa shape index (κ3) is 4.71. The van der Waals surface area contributed by atoms with Crippen molar-refractivity contribution in [3.05, 3.63) is 164 Å². The minimum absolute atomic E-state index is 0.658. The van der Waals surface area contributed by atoms with E-state index in [1.807, 2.05) is 60.1 Å². The van der Waals surface area contributed by atoms with Crippen LogP contribution in [0.5, 0.6) is 0 Å². The van der Waals surface area contributed by atoms with Gasteiger partial charge in [-0.25, -0.2) is 9.97 Å². The molecule has 10 rings (SSSR count). The van der Waals surface area contributed by atoms with Crippen LogP contribution in [-0.2, 0) is 0 Å². The minimum atomic E-state index is 0.658. The van der Waals surface area contributed by atoms with Gasteiger partial charge in [-0.1, -0.05) is 109 Å². The zero-order valence-corrected chi connectivity index (χ0v) is 27.6. The van der Waals surface area contributed by atoms with Crippen LogP contribution >= 0.6 is 11.3 Å². The van der Waals surface area contributed by atoms with E-state index < -0.39 is 0 Å². The molecule has 50 heavy (non-hydrogen) atoms. The Kier molecular flexibility index (Phi) is 6.64. The molecule has 0 aliphatic carbocycles. The van der Waals surface area contributed by atoms with Gasteiger partial charge in [-0.3, -0.25) is 4.98 Å². The van der Waals surface area contributed by atoms with Crippen LogP contribution in [0, 0.1) is 0 Å². The molecule has 4 nitrogen and oxygen atoms in total. The van der Waals surface area contributed by atoms with Crippen molar-refractivity contribution in [3.63, 3.8) is 0 Å². The van der Waals surface area contributed by atoms with Crippen molar-refractivity contribution < 1.29 is 4.42 Å². The quantitative estimate of drug-likeness (QED) is 0.185. The van der Waals surface area contributed by atoms with Gasteiger partial charge in [-0.05, 0) is 64.7 Å². The number of pyridine rings is 1. The van der Waals surface area contributed by atoms with Crippen molar-refractivity contribution in [2.24, 2.45) is 0 Å². The molecule has 0 amide bonds. The highest BCUT2D eigenvalue weighted by molar-refractivity contribution is 7.25. The number of aromatic nitrogens is 3. The maximum absolute atomic E-state index is 6.77. The molecule has 0 unspecified atom stereocenters. The van der Waals surface area contributed by atoms with Gasteiger partial charge in [0, 0.05) is 60.0 Å². The van der Waals surface area contributed by atoms with Crippen LogP contribution in [-0.4, -0.2) is 15.0 Å². The first-order valence-electron chi connectivity index (χ1n) is 16.6. The highest BCUT2D eigenvalue weighted by Gasteiger charge is 2.21. The Balaban J connectivity index is 1.21. The molecule has 0 aliphatic rings. The summed E-state index contributed by atoms with van der Waals surface area (Å²) in [6, 6.07) is 52.9. The Morgan fingerprint density at radius 1 is 0.440 bits per heavy atom. The molecule has 0 aliphatic heterocycles. The van der Waals surface area contributed by atoms with E-state index in [1.165, 1.54) is 25.7 Å². The number of hydrogen-bond acceptors (Lipinski definition) is 5. The normalized spacial score (nSPS) is 11.6. The molecular formula is C45H27N3OS. The maximum atomic E-state index is 6.77. The van der Waals surface area contributed by atoms with Gasteiger partial charge in [0.15, 0.2) is 5.82 Å². The molecule has 10 aromatic rings. The van der Waals surface area contributed by atoms with E-state index in [4.69, 9.17) is 14.4 Å². The minimum Gasteiger partial charge on any atom is -0.455 e. The third-order valence-electron chi connectivity index (χ3n) is 9.45. The molecule has 4 heterocycles. The molecular weight excluding hydrogens is 631 g/mol. The summed E-state index contributed by atoms with van der Waals surface area (Å²) < 4.78 is 9.34.